The first-order chi connectivity index (χ1) is 13.5. The Balaban J connectivity index is 1.54. The number of aromatic nitrogens is 1. The summed E-state index contributed by atoms with van der Waals surface area (Å²) in [6.07, 6.45) is 5.50. The highest BCUT2D eigenvalue weighted by atomic mass is 32.2. The lowest BCUT2D eigenvalue weighted by Crippen LogP contribution is -2.33. The minimum Gasteiger partial charge on any atom is -0.486 e. The second kappa shape index (κ2) is 6.52. The topological polar surface area (TPSA) is 86.6 Å². The van der Waals surface area contributed by atoms with E-state index < -0.39 is 10.0 Å². The van der Waals surface area contributed by atoms with Gasteiger partial charge in [-0.15, -0.1) is 11.3 Å². The van der Waals surface area contributed by atoms with Gasteiger partial charge in [-0.2, -0.15) is 8.42 Å². The highest BCUT2D eigenvalue weighted by Crippen LogP contribution is 2.35. The van der Waals surface area contributed by atoms with Crippen molar-refractivity contribution in [2.45, 2.75) is 30.6 Å². The van der Waals surface area contributed by atoms with Crippen molar-refractivity contribution in [3.05, 3.63) is 51.3 Å². The monoisotopic (exact) mass is 418 g/mol. The van der Waals surface area contributed by atoms with Crippen LogP contribution in [0.3, 0.4) is 0 Å². The highest BCUT2D eigenvalue weighted by Gasteiger charge is 2.22. The van der Waals surface area contributed by atoms with Gasteiger partial charge in [-0.1, -0.05) is 0 Å². The number of rotatable bonds is 3. The fraction of sp³-hybridized carbons (Fsp3) is 0.316. The van der Waals surface area contributed by atoms with Crippen molar-refractivity contribution in [1.29, 1.82) is 0 Å². The molecular weight excluding hydrogens is 400 g/mol. The van der Waals surface area contributed by atoms with Gasteiger partial charge in [0.15, 0.2) is 11.5 Å². The molecule has 2 aromatic heterocycles. The third kappa shape index (κ3) is 2.85. The molecule has 1 aliphatic heterocycles. The van der Waals surface area contributed by atoms with Crippen molar-refractivity contribution in [1.82, 2.24) is 4.68 Å². The Morgan fingerprint density at radius 1 is 1.04 bits per heavy atom. The molecule has 28 heavy (non-hydrogen) atoms. The third-order valence-corrected chi connectivity index (χ3v) is 7.62. The Bertz CT molecular complexity index is 1240. The molecule has 0 atom stereocenters. The van der Waals surface area contributed by atoms with E-state index in [-0.39, 0.29) is 10.5 Å². The molecule has 1 aliphatic carbocycles. The molecule has 0 saturated heterocycles. The van der Waals surface area contributed by atoms with E-state index in [0.717, 1.165) is 40.6 Å². The molecule has 0 radical (unpaired) electrons. The smallest absolute Gasteiger partial charge is 0.278 e. The molecule has 3 aromatic rings. The van der Waals surface area contributed by atoms with Gasteiger partial charge in [0.1, 0.15) is 13.2 Å². The van der Waals surface area contributed by atoms with Crippen molar-refractivity contribution in [2.24, 2.45) is 0 Å². The standard InChI is InChI=1S/C19H18N2O5S2/c22-19-18-13-3-1-2-4-16(13)27-17(18)7-8-21(19)20-28(23,24)12-5-6-14-15(11-12)26-10-9-25-14/h5-8,11,20H,1-4,9-10H2. The van der Waals surface area contributed by atoms with Gasteiger partial charge < -0.3 is 9.47 Å². The molecule has 0 bridgehead atoms. The van der Waals surface area contributed by atoms with E-state index in [9.17, 15) is 13.2 Å². The van der Waals surface area contributed by atoms with Gasteiger partial charge in [-0.25, -0.2) is 9.51 Å². The summed E-state index contributed by atoms with van der Waals surface area (Å²) >= 11 is 1.63. The fourth-order valence-electron chi connectivity index (χ4n) is 3.71. The predicted molar refractivity (Wildman–Crippen MR) is 107 cm³/mol. The van der Waals surface area contributed by atoms with Gasteiger partial charge in [-0.3, -0.25) is 4.79 Å². The quantitative estimate of drug-likeness (QED) is 0.707. The van der Waals surface area contributed by atoms with Crippen LogP contribution in [0, 0.1) is 0 Å². The molecule has 2 aliphatic rings. The van der Waals surface area contributed by atoms with Gasteiger partial charge in [0.2, 0.25) is 0 Å². The van der Waals surface area contributed by atoms with Gasteiger partial charge >= 0.3 is 0 Å². The van der Waals surface area contributed by atoms with Crippen LogP contribution in [0.5, 0.6) is 11.5 Å². The minimum absolute atomic E-state index is 0.0103. The molecule has 1 N–H and O–H groups in total. The maximum absolute atomic E-state index is 13.0. The van der Waals surface area contributed by atoms with Crippen LogP contribution in [0.1, 0.15) is 23.3 Å². The normalized spacial score (nSPS) is 16.0. The molecule has 5 rings (SSSR count). The number of nitrogens with one attached hydrogen (secondary N) is 1. The number of nitrogens with zero attached hydrogens (tertiary/aromatic N) is 1. The first-order valence-corrected chi connectivity index (χ1v) is 11.4. The Morgan fingerprint density at radius 2 is 1.82 bits per heavy atom. The lowest BCUT2D eigenvalue weighted by molar-refractivity contribution is 0.171. The van der Waals surface area contributed by atoms with Crippen LogP contribution in [0.2, 0.25) is 0 Å². The number of ether oxygens (including phenoxy) is 2. The average Bonchev–Trinajstić information content (AvgIpc) is 3.09. The van der Waals surface area contributed by atoms with Gasteiger partial charge in [0, 0.05) is 21.8 Å². The van der Waals surface area contributed by atoms with Gasteiger partial charge in [-0.05, 0) is 49.4 Å². The summed E-state index contributed by atoms with van der Waals surface area (Å²) in [6, 6.07) is 6.20. The van der Waals surface area contributed by atoms with Crippen molar-refractivity contribution in [3.8, 4) is 11.5 Å². The molecule has 3 heterocycles. The van der Waals surface area contributed by atoms with E-state index in [1.54, 1.807) is 23.5 Å². The molecular formula is C19H18N2O5S2. The number of thiophene rings is 1. The molecule has 0 amide bonds. The summed E-state index contributed by atoms with van der Waals surface area (Å²) in [5, 5.41) is 0.632. The van der Waals surface area contributed by atoms with E-state index >= 15 is 0 Å². The second-order valence-electron chi connectivity index (χ2n) is 6.84. The summed E-state index contributed by atoms with van der Waals surface area (Å²) in [4.78, 5) is 16.6. The maximum Gasteiger partial charge on any atom is 0.278 e. The van der Waals surface area contributed by atoms with Crippen LogP contribution in [-0.4, -0.2) is 26.3 Å². The average molecular weight is 418 g/mol. The number of benzene rings is 1. The summed E-state index contributed by atoms with van der Waals surface area (Å²) in [6.45, 7) is 0.793. The molecule has 0 unspecified atom stereocenters. The van der Waals surface area contributed by atoms with Crippen LogP contribution in [-0.2, 0) is 22.9 Å². The Kier molecular flexibility index (Phi) is 4.09. The Hall–Kier alpha value is -2.52. The zero-order valence-electron chi connectivity index (χ0n) is 14.9. The number of fused-ring (bicyclic) bond motifs is 4. The predicted octanol–water partition coefficient (Wildman–Crippen LogP) is 2.65. The second-order valence-corrected chi connectivity index (χ2v) is 9.64. The lowest BCUT2D eigenvalue weighted by Gasteiger charge is -2.19. The number of hydrogen-bond acceptors (Lipinski definition) is 6. The molecule has 0 spiro atoms. The molecule has 0 fully saturated rings. The van der Waals surface area contributed by atoms with Crippen LogP contribution in [0.4, 0.5) is 0 Å². The summed E-state index contributed by atoms with van der Waals surface area (Å²) < 4.78 is 38.5. The molecule has 0 saturated carbocycles. The van der Waals surface area contributed by atoms with Crippen molar-refractivity contribution < 1.29 is 17.9 Å². The van der Waals surface area contributed by atoms with Crippen molar-refractivity contribution >= 4 is 31.4 Å². The summed E-state index contributed by atoms with van der Waals surface area (Å²) in [5.74, 6) is 0.887. The van der Waals surface area contributed by atoms with Gasteiger partial charge in [0.05, 0.1) is 10.3 Å². The zero-order chi connectivity index (χ0) is 19.3. The highest BCUT2D eigenvalue weighted by molar-refractivity contribution is 7.92. The first-order valence-electron chi connectivity index (χ1n) is 9.11. The Morgan fingerprint density at radius 3 is 2.68 bits per heavy atom. The largest absolute Gasteiger partial charge is 0.486 e. The zero-order valence-corrected chi connectivity index (χ0v) is 16.6. The third-order valence-electron chi connectivity index (χ3n) is 5.05. The molecule has 146 valence electrons. The van der Waals surface area contributed by atoms with Gasteiger partial charge in [0.25, 0.3) is 15.6 Å². The number of hydrogen-bond donors (Lipinski definition) is 1. The van der Waals surface area contributed by atoms with E-state index in [4.69, 9.17) is 9.47 Å². The van der Waals surface area contributed by atoms with Crippen molar-refractivity contribution in [2.75, 3.05) is 18.0 Å². The van der Waals surface area contributed by atoms with Crippen LogP contribution in [0.15, 0.2) is 40.2 Å². The van der Waals surface area contributed by atoms with Crippen molar-refractivity contribution in [3.63, 3.8) is 0 Å². The molecule has 7 nitrogen and oxygen atoms in total. The maximum atomic E-state index is 13.0. The fourth-order valence-corrected chi connectivity index (χ4v) is 6.01. The summed E-state index contributed by atoms with van der Waals surface area (Å²) in [5.41, 5.74) is 0.738. The number of aryl methyl sites for hydroxylation is 2. The van der Waals surface area contributed by atoms with E-state index in [1.165, 1.54) is 23.2 Å². The SMILES string of the molecule is O=c1c2c3c(sc2ccn1NS(=O)(=O)c1ccc2c(c1)OCCO2)CCCC3. The number of pyridine rings is 1. The van der Waals surface area contributed by atoms with Crippen LogP contribution in [0.25, 0.3) is 10.1 Å². The summed E-state index contributed by atoms with van der Waals surface area (Å²) in [7, 11) is -3.96. The minimum atomic E-state index is -3.96. The van der Waals surface area contributed by atoms with E-state index in [2.05, 4.69) is 4.83 Å². The van der Waals surface area contributed by atoms with Crippen LogP contribution >= 0.6 is 11.3 Å². The number of sulfonamides is 1. The first kappa shape index (κ1) is 17.6. The Labute approximate surface area is 165 Å². The molecule has 9 heteroatoms. The van der Waals surface area contributed by atoms with Crippen LogP contribution < -0.4 is 19.9 Å². The molecule has 1 aromatic carbocycles. The van der Waals surface area contributed by atoms with E-state index in [0.29, 0.717) is 30.1 Å². The van der Waals surface area contributed by atoms with E-state index in [1.807, 2.05) is 0 Å². The lowest BCUT2D eigenvalue weighted by atomic mass is 9.97.